The summed E-state index contributed by atoms with van der Waals surface area (Å²) >= 11 is 2.85. The number of carbonyl (C=O) groups excluding carboxylic acids is 1. The average molecular weight is 479 g/mol. The second-order valence-electron chi connectivity index (χ2n) is 7.57. The van der Waals surface area contributed by atoms with Crippen LogP contribution in [0.5, 0.6) is 0 Å². The second-order valence-corrected chi connectivity index (χ2v) is 9.77. The van der Waals surface area contributed by atoms with Gasteiger partial charge in [-0.1, -0.05) is 83.8 Å². The molecule has 0 atom stereocenters. The first-order chi connectivity index (χ1) is 16.1. The Balaban J connectivity index is 1.24. The fraction of sp³-hybridized carbons (Fsp3) is 0.250. The number of nitrogens with zero attached hydrogens (tertiary/aromatic N) is 4. The molecule has 4 rings (SSSR count). The number of nitrogens with one attached hydrogen (secondary N) is 2. The molecular formula is C24H26N6OS2. The van der Waals surface area contributed by atoms with E-state index in [0.717, 1.165) is 33.0 Å². The molecule has 1 amide bonds. The van der Waals surface area contributed by atoms with Crippen molar-refractivity contribution in [2.75, 3.05) is 11.1 Å². The van der Waals surface area contributed by atoms with E-state index in [0.29, 0.717) is 18.8 Å². The first-order valence-electron chi connectivity index (χ1n) is 10.7. The molecule has 170 valence electrons. The Morgan fingerprint density at radius 1 is 0.970 bits per heavy atom. The van der Waals surface area contributed by atoms with E-state index >= 15 is 0 Å². The van der Waals surface area contributed by atoms with Crippen molar-refractivity contribution in [3.05, 3.63) is 88.7 Å². The zero-order valence-corrected chi connectivity index (χ0v) is 20.2. The van der Waals surface area contributed by atoms with Gasteiger partial charge in [0.15, 0.2) is 4.34 Å². The van der Waals surface area contributed by atoms with E-state index in [1.54, 1.807) is 0 Å². The molecule has 0 aliphatic rings. The molecule has 9 heteroatoms. The van der Waals surface area contributed by atoms with E-state index in [4.69, 9.17) is 0 Å². The molecule has 0 spiro atoms. The highest BCUT2D eigenvalue weighted by atomic mass is 32.2. The lowest BCUT2D eigenvalue weighted by Gasteiger charge is -2.07. The van der Waals surface area contributed by atoms with E-state index in [9.17, 15) is 4.79 Å². The molecule has 33 heavy (non-hydrogen) atoms. The quantitative estimate of drug-likeness (QED) is 0.328. The Morgan fingerprint density at radius 3 is 2.39 bits per heavy atom. The van der Waals surface area contributed by atoms with Crippen molar-refractivity contribution in [2.45, 2.75) is 37.8 Å². The van der Waals surface area contributed by atoms with Crippen LogP contribution in [-0.2, 0) is 24.4 Å². The van der Waals surface area contributed by atoms with Crippen molar-refractivity contribution in [1.29, 1.82) is 0 Å². The lowest BCUT2D eigenvalue weighted by molar-refractivity contribution is -0.118. The van der Waals surface area contributed by atoms with Gasteiger partial charge in [-0.25, -0.2) is 0 Å². The predicted molar refractivity (Wildman–Crippen MR) is 133 cm³/mol. The van der Waals surface area contributed by atoms with Crippen LogP contribution in [0.3, 0.4) is 0 Å². The molecule has 0 bridgehead atoms. The Hall–Kier alpha value is -3.17. The van der Waals surface area contributed by atoms with Gasteiger partial charge in [0.05, 0.1) is 18.0 Å². The van der Waals surface area contributed by atoms with Crippen LogP contribution in [0.25, 0.3) is 0 Å². The fourth-order valence-electron chi connectivity index (χ4n) is 3.38. The summed E-state index contributed by atoms with van der Waals surface area (Å²) in [4.78, 5) is 12.4. The number of aromatic nitrogens is 4. The Bertz CT molecular complexity index is 1190. The number of thioether (sulfide) groups is 1. The van der Waals surface area contributed by atoms with E-state index in [2.05, 4.69) is 50.2 Å². The number of aryl methyl sites for hydroxylation is 1. The summed E-state index contributed by atoms with van der Waals surface area (Å²) in [5.41, 5.74) is 5.45. The van der Waals surface area contributed by atoms with Crippen LogP contribution >= 0.6 is 23.1 Å². The monoisotopic (exact) mass is 478 g/mol. The van der Waals surface area contributed by atoms with Gasteiger partial charge in [-0.2, -0.15) is 5.10 Å². The van der Waals surface area contributed by atoms with Gasteiger partial charge in [-0.3, -0.25) is 9.48 Å². The SMILES string of the molecule is Cc1nn(Cc2ccccc2)c(C)c1CNC(=O)CSc1nnc(NCc2ccccc2)s1. The van der Waals surface area contributed by atoms with Crippen molar-refractivity contribution in [1.82, 2.24) is 25.3 Å². The molecule has 0 saturated carbocycles. The highest BCUT2D eigenvalue weighted by Gasteiger charge is 2.14. The third-order valence-electron chi connectivity index (χ3n) is 5.19. The van der Waals surface area contributed by atoms with Crippen molar-refractivity contribution >= 4 is 34.1 Å². The molecule has 2 N–H and O–H groups in total. The van der Waals surface area contributed by atoms with Crippen molar-refractivity contribution in [2.24, 2.45) is 0 Å². The summed E-state index contributed by atoms with van der Waals surface area (Å²) in [7, 11) is 0. The highest BCUT2D eigenvalue weighted by molar-refractivity contribution is 8.01. The number of hydrogen-bond acceptors (Lipinski definition) is 7. The van der Waals surface area contributed by atoms with Crippen molar-refractivity contribution in [3.63, 3.8) is 0 Å². The predicted octanol–water partition coefficient (Wildman–Crippen LogP) is 4.42. The normalized spacial score (nSPS) is 10.8. The average Bonchev–Trinajstić information content (AvgIpc) is 3.40. The molecule has 7 nitrogen and oxygen atoms in total. The van der Waals surface area contributed by atoms with Crippen LogP contribution < -0.4 is 10.6 Å². The standard InChI is InChI=1S/C24H26N6OS2/c1-17-21(18(2)30(29-17)15-20-11-7-4-8-12-20)14-25-22(31)16-32-24-28-27-23(33-24)26-13-19-9-5-3-6-10-19/h3-12H,13-16H2,1-2H3,(H,25,31)(H,26,27). The molecule has 0 aliphatic carbocycles. The highest BCUT2D eigenvalue weighted by Crippen LogP contribution is 2.25. The summed E-state index contributed by atoms with van der Waals surface area (Å²) in [6, 6.07) is 20.4. The summed E-state index contributed by atoms with van der Waals surface area (Å²) in [6.45, 7) is 5.90. The Morgan fingerprint density at radius 2 is 1.67 bits per heavy atom. The first-order valence-corrected chi connectivity index (χ1v) is 12.5. The lowest BCUT2D eigenvalue weighted by atomic mass is 10.2. The molecule has 0 aliphatic heterocycles. The zero-order valence-electron chi connectivity index (χ0n) is 18.6. The molecule has 0 radical (unpaired) electrons. The third kappa shape index (κ3) is 6.43. The van der Waals surface area contributed by atoms with E-state index in [1.807, 2.05) is 54.9 Å². The Labute approximate surface area is 201 Å². The third-order valence-corrected chi connectivity index (χ3v) is 7.20. The van der Waals surface area contributed by atoms with E-state index in [-0.39, 0.29) is 5.91 Å². The van der Waals surface area contributed by atoms with Gasteiger partial charge < -0.3 is 10.6 Å². The first kappa shape index (κ1) is 23.0. The van der Waals surface area contributed by atoms with Gasteiger partial charge >= 0.3 is 0 Å². The van der Waals surface area contributed by atoms with E-state index < -0.39 is 0 Å². The van der Waals surface area contributed by atoms with Crippen LogP contribution in [0.4, 0.5) is 5.13 Å². The maximum absolute atomic E-state index is 12.4. The number of amides is 1. The molecular weight excluding hydrogens is 452 g/mol. The van der Waals surface area contributed by atoms with Gasteiger partial charge in [0.1, 0.15) is 0 Å². The molecule has 0 saturated heterocycles. The van der Waals surface area contributed by atoms with Crippen LogP contribution in [0.2, 0.25) is 0 Å². The topological polar surface area (TPSA) is 84.7 Å². The molecule has 0 unspecified atom stereocenters. The number of rotatable bonds is 10. The summed E-state index contributed by atoms with van der Waals surface area (Å²) in [5.74, 6) is 0.257. The largest absolute Gasteiger partial charge is 0.356 e. The van der Waals surface area contributed by atoms with Crippen molar-refractivity contribution < 1.29 is 4.79 Å². The number of benzene rings is 2. The summed E-state index contributed by atoms with van der Waals surface area (Å²) in [5, 5.41) is 20.0. The molecule has 2 aromatic heterocycles. The number of carbonyl (C=O) groups is 1. The maximum atomic E-state index is 12.4. The van der Waals surface area contributed by atoms with Gasteiger partial charge in [-0.15, -0.1) is 10.2 Å². The minimum Gasteiger partial charge on any atom is -0.356 e. The van der Waals surface area contributed by atoms with Crippen LogP contribution in [-0.4, -0.2) is 31.6 Å². The van der Waals surface area contributed by atoms with Crippen LogP contribution in [0.15, 0.2) is 65.0 Å². The van der Waals surface area contributed by atoms with Gasteiger partial charge in [0.25, 0.3) is 0 Å². The Kier molecular flexibility index (Phi) is 7.74. The smallest absolute Gasteiger partial charge is 0.230 e. The number of anilines is 1. The summed E-state index contributed by atoms with van der Waals surface area (Å²) < 4.78 is 2.76. The van der Waals surface area contributed by atoms with E-state index in [1.165, 1.54) is 34.2 Å². The molecule has 0 fully saturated rings. The van der Waals surface area contributed by atoms with Crippen LogP contribution in [0.1, 0.15) is 28.1 Å². The zero-order chi connectivity index (χ0) is 23.0. The van der Waals surface area contributed by atoms with Crippen molar-refractivity contribution in [3.8, 4) is 0 Å². The summed E-state index contributed by atoms with van der Waals surface area (Å²) in [6.07, 6.45) is 0. The minimum atomic E-state index is -0.0383. The lowest BCUT2D eigenvalue weighted by Crippen LogP contribution is -2.25. The maximum Gasteiger partial charge on any atom is 0.230 e. The molecule has 2 aromatic carbocycles. The van der Waals surface area contributed by atoms with Gasteiger partial charge in [0.2, 0.25) is 11.0 Å². The number of hydrogen-bond donors (Lipinski definition) is 2. The molecule has 4 aromatic rings. The second kappa shape index (κ2) is 11.1. The fourth-order valence-corrected chi connectivity index (χ4v) is 4.96. The van der Waals surface area contributed by atoms with Gasteiger partial charge in [0, 0.05) is 24.3 Å². The minimum absolute atomic E-state index is 0.0383. The van der Waals surface area contributed by atoms with Gasteiger partial charge in [-0.05, 0) is 25.0 Å². The van der Waals surface area contributed by atoms with Crippen LogP contribution in [0, 0.1) is 13.8 Å². The molecule has 2 heterocycles.